The van der Waals surface area contributed by atoms with Crippen molar-refractivity contribution in [3.63, 3.8) is 0 Å². The lowest BCUT2D eigenvalue weighted by atomic mass is 10.1. The molecule has 0 unspecified atom stereocenters. The number of hydrogen-bond donors (Lipinski definition) is 1. The van der Waals surface area contributed by atoms with Crippen molar-refractivity contribution in [3.8, 4) is 0 Å². The molecule has 0 aliphatic rings. The molecule has 0 aliphatic heterocycles. The first-order chi connectivity index (χ1) is 10.1. The van der Waals surface area contributed by atoms with Crippen LogP contribution >= 0.6 is 11.3 Å². The van der Waals surface area contributed by atoms with Crippen molar-refractivity contribution in [2.24, 2.45) is 0 Å². The molecule has 1 amide bonds. The molecule has 1 heterocycles. The molecule has 0 saturated heterocycles. The molecule has 21 heavy (non-hydrogen) atoms. The summed E-state index contributed by atoms with van der Waals surface area (Å²) in [7, 11) is -0.975. The first-order valence-corrected chi connectivity index (χ1v) is 9.37. The van der Waals surface area contributed by atoms with Gasteiger partial charge in [-0.15, -0.1) is 11.3 Å². The molecule has 0 fully saturated rings. The van der Waals surface area contributed by atoms with E-state index in [-0.39, 0.29) is 17.9 Å². The fourth-order valence-corrected chi connectivity index (χ4v) is 3.63. The van der Waals surface area contributed by atoms with E-state index in [1.807, 2.05) is 54.8 Å². The Bertz CT molecular complexity index is 596. The maximum Gasteiger partial charge on any atom is 0.228 e. The van der Waals surface area contributed by atoms with Gasteiger partial charge in [0.25, 0.3) is 0 Å². The van der Waals surface area contributed by atoms with Crippen LogP contribution in [0.5, 0.6) is 0 Å². The summed E-state index contributed by atoms with van der Waals surface area (Å²) >= 11 is 1.58. The number of nitrogens with one attached hydrogen (secondary N) is 1. The van der Waals surface area contributed by atoms with Gasteiger partial charge in [0.2, 0.25) is 5.91 Å². The van der Waals surface area contributed by atoms with E-state index in [1.165, 1.54) is 0 Å². The van der Waals surface area contributed by atoms with Gasteiger partial charge in [0.15, 0.2) is 0 Å². The summed E-state index contributed by atoms with van der Waals surface area (Å²) in [5, 5.41) is 4.99. The van der Waals surface area contributed by atoms with Gasteiger partial charge in [-0.2, -0.15) is 0 Å². The van der Waals surface area contributed by atoms with Crippen molar-refractivity contribution in [1.82, 2.24) is 5.32 Å². The van der Waals surface area contributed by atoms with Crippen LogP contribution in [0.4, 0.5) is 0 Å². The molecule has 1 aromatic carbocycles. The highest BCUT2D eigenvalue weighted by molar-refractivity contribution is 7.84. The quantitative estimate of drug-likeness (QED) is 0.889. The Morgan fingerprint density at radius 3 is 2.52 bits per heavy atom. The third kappa shape index (κ3) is 4.51. The van der Waals surface area contributed by atoms with Crippen LogP contribution in [0.3, 0.4) is 0 Å². The van der Waals surface area contributed by atoms with Crippen molar-refractivity contribution in [2.45, 2.75) is 18.9 Å². The summed E-state index contributed by atoms with van der Waals surface area (Å²) in [4.78, 5) is 13.4. The molecule has 1 N–H and O–H groups in total. The van der Waals surface area contributed by atoms with Crippen molar-refractivity contribution in [1.29, 1.82) is 0 Å². The van der Waals surface area contributed by atoms with Crippen LogP contribution in [0.2, 0.25) is 0 Å². The summed E-state index contributed by atoms with van der Waals surface area (Å²) in [6.07, 6.45) is 1.66. The van der Waals surface area contributed by atoms with Gasteiger partial charge in [0, 0.05) is 27.7 Å². The number of thiophene rings is 1. The van der Waals surface area contributed by atoms with Gasteiger partial charge >= 0.3 is 0 Å². The smallest absolute Gasteiger partial charge is 0.228 e. The van der Waals surface area contributed by atoms with Gasteiger partial charge in [0.05, 0.1) is 12.0 Å². The molecule has 112 valence electrons. The van der Waals surface area contributed by atoms with Gasteiger partial charge in [-0.05, 0) is 23.9 Å². The molecule has 0 radical (unpaired) electrons. The van der Waals surface area contributed by atoms with E-state index in [0.717, 1.165) is 10.4 Å². The second kappa shape index (κ2) is 7.52. The predicted octanol–water partition coefficient (Wildman–Crippen LogP) is 3.09. The Balaban J connectivity index is 2.11. The molecular weight excluding hydrogens is 302 g/mol. The summed E-state index contributed by atoms with van der Waals surface area (Å²) < 4.78 is 11.6. The fraction of sp³-hybridized carbons (Fsp3) is 0.312. The minimum atomic E-state index is -0.975. The van der Waals surface area contributed by atoms with Crippen LogP contribution in [0.1, 0.15) is 29.3 Å². The maximum atomic E-state index is 12.4. The van der Waals surface area contributed by atoms with Crippen molar-refractivity contribution < 1.29 is 9.00 Å². The van der Waals surface area contributed by atoms with E-state index in [2.05, 4.69) is 5.32 Å². The lowest BCUT2D eigenvalue weighted by Gasteiger charge is -2.20. The van der Waals surface area contributed by atoms with E-state index in [9.17, 15) is 9.00 Å². The summed E-state index contributed by atoms with van der Waals surface area (Å²) in [5.41, 5.74) is 0.986. The lowest BCUT2D eigenvalue weighted by molar-refractivity contribution is -0.122. The standard InChI is InChI=1S/C16H19NO2S2/c1-12(15-9-6-10-20-15)16(18)17-14(11-21(2)19)13-7-4-3-5-8-13/h3-10,12,14H,11H2,1-2H3,(H,17,18)/t12-,14-,21-/m0/s1. The Morgan fingerprint density at radius 1 is 1.24 bits per heavy atom. The molecule has 3 nitrogen and oxygen atoms in total. The highest BCUT2D eigenvalue weighted by Crippen LogP contribution is 2.22. The van der Waals surface area contributed by atoms with Gasteiger partial charge in [-0.1, -0.05) is 36.4 Å². The number of carbonyl (C=O) groups excluding carboxylic acids is 1. The molecule has 0 bridgehead atoms. The molecule has 2 rings (SSSR count). The normalized spacial score (nSPS) is 15.1. The van der Waals surface area contributed by atoms with E-state index in [1.54, 1.807) is 17.6 Å². The van der Waals surface area contributed by atoms with Crippen molar-refractivity contribution in [3.05, 3.63) is 58.3 Å². The summed E-state index contributed by atoms with van der Waals surface area (Å²) in [5.74, 6) is 0.200. The minimum absolute atomic E-state index is 0.0308. The Hall–Kier alpha value is -1.46. The molecule has 3 atom stereocenters. The molecule has 5 heteroatoms. The van der Waals surface area contributed by atoms with Crippen LogP contribution in [0, 0.1) is 0 Å². The fourth-order valence-electron chi connectivity index (χ4n) is 2.10. The zero-order valence-corrected chi connectivity index (χ0v) is 13.7. The largest absolute Gasteiger partial charge is 0.348 e. The zero-order chi connectivity index (χ0) is 15.2. The first kappa shape index (κ1) is 15.9. The summed E-state index contributed by atoms with van der Waals surface area (Å²) in [6.45, 7) is 1.89. The highest BCUT2D eigenvalue weighted by atomic mass is 32.2. The molecular formula is C16H19NO2S2. The number of rotatable bonds is 6. The van der Waals surface area contributed by atoms with Crippen LogP contribution < -0.4 is 5.32 Å². The topological polar surface area (TPSA) is 46.2 Å². The van der Waals surface area contributed by atoms with Gasteiger partial charge in [0.1, 0.15) is 0 Å². The third-order valence-electron chi connectivity index (χ3n) is 3.28. The van der Waals surface area contributed by atoms with Crippen LogP contribution in [-0.2, 0) is 15.6 Å². The van der Waals surface area contributed by atoms with E-state index >= 15 is 0 Å². The van der Waals surface area contributed by atoms with Gasteiger partial charge in [-0.25, -0.2) is 0 Å². The molecule has 0 spiro atoms. The number of amides is 1. The van der Waals surface area contributed by atoms with Gasteiger partial charge < -0.3 is 5.32 Å². The third-order valence-corrected chi connectivity index (χ3v) is 5.14. The Labute approximate surface area is 131 Å². The predicted molar refractivity (Wildman–Crippen MR) is 89.0 cm³/mol. The second-order valence-electron chi connectivity index (χ2n) is 4.95. The summed E-state index contributed by atoms with van der Waals surface area (Å²) in [6, 6.07) is 13.4. The number of carbonyl (C=O) groups is 1. The average Bonchev–Trinajstić information content (AvgIpc) is 3.00. The van der Waals surface area contributed by atoms with E-state index in [0.29, 0.717) is 5.75 Å². The first-order valence-electron chi connectivity index (χ1n) is 6.76. The van der Waals surface area contributed by atoms with Crippen molar-refractivity contribution >= 4 is 28.0 Å². The Kier molecular flexibility index (Phi) is 5.70. The lowest BCUT2D eigenvalue weighted by Crippen LogP contribution is -2.34. The molecule has 0 aliphatic carbocycles. The number of hydrogen-bond acceptors (Lipinski definition) is 3. The van der Waals surface area contributed by atoms with Crippen LogP contribution in [-0.4, -0.2) is 22.1 Å². The number of benzene rings is 1. The maximum absolute atomic E-state index is 12.4. The zero-order valence-electron chi connectivity index (χ0n) is 12.1. The van der Waals surface area contributed by atoms with Crippen molar-refractivity contribution in [2.75, 3.05) is 12.0 Å². The highest BCUT2D eigenvalue weighted by Gasteiger charge is 2.21. The second-order valence-corrected chi connectivity index (χ2v) is 7.41. The van der Waals surface area contributed by atoms with E-state index < -0.39 is 10.8 Å². The molecule has 2 aromatic rings. The molecule has 0 saturated carbocycles. The van der Waals surface area contributed by atoms with Crippen LogP contribution in [0.25, 0.3) is 0 Å². The average molecular weight is 321 g/mol. The Morgan fingerprint density at radius 2 is 1.95 bits per heavy atom. The molecule has 1 aromatic heterocycles. The minimum Gasteiger partial charge on any atom is -0.348 e. The van der Waals surface area contributed by atoms with Gasteiger partial charge in [-0.3, -0.25) is 9.00 Å². The SMILES string of the molecule is C[C@H](C(=O)N[C@@H](C[S@](C)=O)c1ccccc1)c1cccs1. The van der Waals surface area contributed by atoms with E-state index in [4.69, 9.17) is 0 Å². The van der Waals surface area contributed by atoms with Crippen LogP contribution in [0.15, 0.2) is 47.8 Å². The monoisotopic (exact) mass is 321 g/mol.